The van der Waals surface area contributed by atoms with Crippen molar-refractivity contribution in [3.8, 4) is 0 Å². The first-order chi connectivity index (χ1) is 10.1. The van der Waals surface area contributed by atoms with Crippen LogP contribution in [-0.4, -0.2) is 11.8 Å². The van der Waals surface area contributed by atoms with Crippen LogP contribution < -0.4 is 5.32 Å². The summed E-state index contributed by atoms with van der Waals surface area (Å²) in [6.45, 7) is 0. The lowest BCUT2D eigenvalue weighted by molar-refractivity contribution is 0.102. The number of carbonyl (C=O) groups is 1. The van der Waals surface area contributed by atoms with Crippen molar-refractivity contribution >= 4 is 57.4 Å². The molecule has 0 spiro atoms. The summed E-state index contributed by atoms with van der Waals surface area (Å²) >= 11 is 13.9. The van der Waals surface area contributed by atoms with Crippen molar-refractivity contribution in [3.63, 3.8) is 0 Å². The zero-order valence-electron chi connectivity index (χ0n) is 11.2. The quantitative estimate of drug-likeness (QED) is 0.498. The molecule has 0 aliphatic heterocycles. The smallest absolute Gasteiger partial charge is 0.255 e. The summed E-state index contributed by atoms with van der Waals surface area (Å²) in [5.74, 6) is 0.473. The summed E-state index contributed by atoms with van der Waals surface area (Å²) in [5, 5.41) is 3.47. The maximum Gasteiger partial charge on any atom is 0.255 e. The highest BCUT2D eigenvalue weighted by Gasteiger charge is 2.08. The highest BCUT2D eigenvalue weighted by Crippen LogP contribution is 2.20. The molecule has 0 saturated heterocycles. The fraction of sp³-hybridized carbons (Fsp3) is 0.188. The van der Waals surface area contributed by atoms with E-state index in [0.29, 0.717) is 16.5 Å². The van der Waals surface area contributed by atoms with Gasteiger partial charge in [-0.25, -0.2) is 0 Å². The van der Waals surface area contributed by atoms with Crippen LogP contribution in [0.25, 0.3) is 0 Å². The fourth-order valence-electron chi connectivity index (χ4n) is 1.92. The van der Waals surface area contributed by atoms with E-state index in [1.165, 1.54) is 0 Å². The van der Waals surface area contributed by atoms with Crippen molar-refractivity contribution in [1.29, 1.82) is 0 Å². The molecule has 2 rings (SSSR count). The van der Waals surface area contributed by atoms with Gasteiger partial charge in [-0.1, -0.05) is 23.7 Å². The molecular weight excluding hydrogens is 420 g/mol. The molecule has 0 saturated carbocycles. The summed E-state index contributed by atoms with van der Waals surface area (Å²) in [6, 6.07) is 13.1. The molecule has 0 atom stereocenters. The van der Waals surface area contributed by atoms with Crippen molar-refractivity contribution in [3.05, 3.63) is 62.2 Å². The van der Waals surface area contributed by atoms with Crippen LogP contribution in [0, 0.1) is 3.57 Å². The number of alkyl halides is 1. The second kappa shape index (κ2) is 8.01. The van der Waals surface area contributed by atoms with E-state index in [2.05, 4.69) is 27.9 Å². The Hall–Kier alpha value is -0.780. The van der Waals surface area contributed by atoms with Gasteiger partial charge in [0, 0.05) is 20.7 Å². The van der Waals surface area contributed by atoms with Crippen LogP contribution in [0.4, 0.5) is 5.69 Å². The number of nitrogens with one attached hydrogen (secondary N) is 1. The maximum absolute atomic E-state index is 12.2. The van der Waals surface area contributed by atoms with E-state index in [4.69, 9.17) is 23.2 Å². The first-order valence-corrected chi connectivity index (χ1v) is 8.50. The normalized spacial score (nSPS) is 10.4. The number of anilines is 1. The van der Waals surface area contributed by atoms with Crippen molar-refractivity contribution in [2.24, 2.45) is 0 Å². The van der Waals surface area contributed by atoms with Crippen molar-refractivity contribution < 1.29 is 4.79 Å². The number of aryl methyl sites for hydroxylation is 1. The Morgan fingerprint density at radius 1 is 1.19 bits per heavy atom. The molecule has 0 unspecified atom stereocenters. The van der Waals surface area contributed by atoms with E-state index in [1.807, 2.05) is 30.3 Å². The van der Waals surface area contributed by atoms with Gasteiger partial charge in [0.05, 0.1) is 5.02 Å². The zero-order valence-corrected chi connectivity index (χ0v) is 14.9. The van der Waals surface area contributed by atoms with Gasteiger partial charge in [-0.15, -0.1) is 11.6 Å². The zero-order chi connectivity index (χ0) is 15.2. The second-order valence-electron chi connectivity index (χ2n) is 4.58. The molecule has 5 heteroatoms. The molecule has 2 aromatic carbocycles. The molecule has 0 fully saturated rings. The first-order valence-electron chi connectivity index (χ1n) is 6.51. The van der Waals surface area contributed by atoms with Crippen LogP contribution in [-0.2, 0) is 6.42 Å². The van der Waals surface area contributed by atoms with Crippen LogP contribution in [0.3, 0.4) is 0 Å². The van der Waals surface area contributed by atoms with Gasteiger partial charge in [0.2, 0.25) is 0 Å². The van der Waals surface area contributed by atoms with Crippen LogP contribution in [0.15, 0.2) is 42.5 Å². The van der Waals surface area contributed by atoms with Gasteiger partial charge in [-0.3, -0.25) is 4.79 Å². The monoisotopic (exact) mass is 433 g/mol. The third-order valence-electron chi connectivity index (χ3n) is 2.97. The van der Waals surface area contributed by atoms with Crippen molar-refractivity contribution in [2.45, 2.75) is 12.8 Å². The number of carbonyl (C=O) groups excluding carboxylic acids is 1. The molecule has 0 aliphatic rings. The third kappa shape index (κ3) is 4.87. The average Bonchev–Trinajstić information content (AvgIpc) is 2.48. The summed E-state index contributed by atoms with van der Waals surface area (Å²) in [5.41, 5.74) is 2.49. The lowest BCUT2D eigenvalue weighted by atomic mass is 10.1. The molecule has 0 bridgehead atoms. The molecule has 0 radical (unpaired) electrons. The average molecular weight is 434 g/mol. The Morgan fingerprint density at radius 3 is 2.71 bits per heavy atom. The minimum absolute atomic E-state index is 0.164. The molecule has 2 aromatic rings. The molecule has 1 amide bonds. The van der Waals surface area contributed by atoms with E-state index in [-0.39, 0.29) is 5.91 Å². The van der Waals surface area contributed by atoms with E-state index in [0.717, 1.165) is 27.7 Å². The molecule has 0 aliphatic carbocycles. The number of hydrogen-bond donors (Lipinski definition) is 1. The molecule has 2 nitrogen and oxygen atoms in total. The largest absolute Gasteiger partial charge is 0.322 e. The SMILES string of the molecule is O=C(Nc1cccc(CCCCl)c1)c1ccc(I)c(Cl)c1. The first kappa shape index (κ1) is 16.6. The summed E-state index contributed by atoms with van der Waals surface area (Å²) < 4.78 is 0.925. The van der Waals surface area contributed by atoms with Gasteiger partial charge in [0.1, 0.15) is 0 Å². The predicted octanol–water partition coefficient (Wildman–Crippen LogP) is 5.37. The molecular formula is C16H14Cl2INO. The Labute approximate surface area is 148 Å². The Morgan fingerprint density at radius 2 is 2.00 bits per heavy atom. The Kier molecular flexibility index (Phi) is 6.33. The lowest BCUT2D eigenvalue weighted by Gasteiger charge is -2.08. The van der Waals surface area contributed by atoms with Gasteiger partial charge in [-0.2, -0.15) is 0 Å². The molecule has 110 valence electrons. The molecule has 0 heterocycles. The third-order valence-corrected chi connectivity index (χ3v) is 4.81. The number of benzene rings is 2. The van der Waals surface area contributed by atoms with Gasteiger partial charge in [-0.05, 0) is 71.3 Å². The van der Waals surface area contributed by atoms with Crippen molar-refractivity contribution in [2.75, 3.05) is 11.2 Å². The highest BCUT2D eigenvalue weighted by atomic mass is 127. The summed E-state index contributed by atoms with van der Waals surface area (Å²) in [7, 11) is 0. The maximum atomic E-state index is 12.2. The second-order valence-corrected chi connectivity index (χ2v) is 6.52. The van der Waals surface area contributed by atoms with E-state index in [1.54, 1.807) is 12.1 Å². The van der Waals surface area contributed by atoms with Gasteiger partial charge < -0.3 is 5.32 Å². The van der Waals surface area contributed by atoms with Crippen LogP contribution in [0.1, 0.15) is 22.3 Å². The van der Waals surface area contributed by atoms with Gasteiger partial charge in [0.15, 0.2) is 0 Å². The molecule has 1 N–H and O–H groups in total. The van der Waals surface area contributed by atoms with Crippen LogP contribution in [0.5, 0.6) is 0 Å². The van der Waals surface area contributed by atoms with E-state index < -0.39 is 0 Å². The van der Waals surface area contributed by atoms with Crippen LogP contribution in [0.2, 0.25) is 5.02 Å². The Bertz CT molecular complexity index is 646. The standard InChI is InChI=1S/C16H14Cl2INO/c17-8-2-4-11-3-1-5-13(9-11)20-16(21)12-6-7-15(19)14(18)10-12/h1,3,5-7,9-10H,2,4,8H2,(H,20,21). The minimum atomic E-state index is -0.164. The molecule has 21 heavy (non-hydrogen) atoms. The number of halogens is 3. The number of amides is 1. The van der Waals surface area contributed by atoms with Crippen molar-refractivity contribution in [1.82, 2.24) is 0 Å². The number of hydrogen-bond acceptors (Lipinski definition) is 1. The topological polar surface area (TPSA) is 29.1 Å². The summed E-state index contributed by atoms with van der Waals surface area (Å²) in [6.07, 6.45) is 1.83. The lowest BCUT2D eigenvalue weighted by Crippen LogP contribution is -2.12. The van der Waals surface area contributed by atoms with Gasteiger partial charge in [0.25, 0.3) is 5.91 Å². The van der Waals surface area contributed by atoms with Gasteiger partial charge >= 0.3 is 0 Å². The number of rotatable bonds is 5. The fourth-order valence-corrected chi connectivity index (χ4v) is 2.57. The van der Waals surface area contributed by atoms with Crippen LogP contribution >= 0.6 is 45.8 Å². The summed E-state index contributed by atoms with van der Waals surface area (Å²) in [4.78, 5) is 12.2. The molecule has 0 aromatic heterocycles. The van der Waals surface area contributed by atoms with E-state index >= 15 is 0 Å². The highest BCUT2D eigenvalue weighted by molar-refractivity contribution is 14.1. The van der Waals surface area contributed by atoms with E-state index in [9.17, 15) is 4.79 Å². The predicted molar refractivity (Wildman–Crippen MR) is 97.6 cm³/mol. The Balaban J connectivity index is 2.10. The minimum Gasteiger partial charge on any atom is -0.322 e.